The lowest BCUT2D eigenvalue weighted by Crippen LogP contribution is -2.52. The molecular weight excluding hydrogens is 665 g/mol. The predicted molar refractivity (Wildman–Crippen MR) is 179 cm³/mol. The molecule has 2 saturated heterocycles. The lowest BCUT2D eigenvalue weighted by molar-refractivity contribution is -0.142. The highest BCUT2D eigenvalue weighted by Crippen LogP contribution is 2.43. The topological polar surface area (TPSA) is 129 Å². The Bertz CT molecular complexity index is 1590. The van der Waals surface area contributed by atoms with Crippen molar-refractivity contribution in [3.05, 3.63) is 83.2 Å². The van der Waals surface area contributed by atoms with E-state index in [1.165, 1.54) is 11.0 Å². The van der Waals surface area contributed by atoms with Crippen LogP contribution in [0.25, 0.3) is 0 Å². The lowest BCUT2D eigenvalue weighted by atomic mass is 9.82. The molecule has 15 heteroatoms. The van der Waals surface area contributed by atoms with E-state index in [9.17, 15) is 27.6 Å². The highest BCUT2D eigenvalue weighted by atomic mass is 35.5. The SMILES string of the molecule is C=CCN(C)/C=C\NC1CCN(C(=O)[C@@H](Cc2cc(Cl)c(N)c(C(F)(F)F)c2)OC(=O)N2CCC3(CC2)OC(=O)Nc2ccccc23)CC1. The van der Waals surface area contributed by atoms with E-state index in [1.807, 2.05) is 36.5 Å². The number of fused-ring (bicyclic) bond motifs is 2. The van der Waals surface area contributed by atoms with E-state index < -0.39 is 47.2 Å². The number of alkyl halides is 3. The number of likely N-dealkylation sites (N-methyl/N-ethyl adjacent to an activating group) is 1. The van der Waals surface area contributed by atoms with Gasteiger partial charge in [0, 0.05) is 83.0 Å². The number of ether oxygens (including phenoxy) is 2. The molecule has 3 aliphatic rings. The average molecular weight is 705 g/mol. The number of carbonyl (C=O) groups is 3. The van der Waals surface area contributed by atoms with E-state index in [2.05, 4.69) is 17.2 Å². The summed E-state index contributed by atoms with van der Waals surface area (Å²) in [5.74, 6) is -0.524. The second-order valence-corrected chi connectivity index (χ2v) is 12.9. The molecule has 0 unspecified atom stereocenters. The number of benzene rings is 2. The molecule has 1 atom stereocenters. The number of carbonyl (C=O) groups excluding carboxylic acids is 3. The number of para-hydroxylation sites is 1. The first-order chi connectivity index (χ1) is 23.3. The molecule has 0 aromatic heterocycles. The number of halogens is 4. The van der Waals surface area contributed by atoms with Gasteiger partial charge in [-0.15, -0.1) is 6.58 Å². The van der Waals surface area contributed by atoms with Gasteiger partial charge in [-0.3, -0.25) is 10.1 Å². The van der Waals surface area contributed by atoms with Gasteiger partial charge in [0.1, 0.15) is 5.60 Å². The van der Waals surface area contributed by atoms with Gasteiger partial charge in [-0.1, -0.05) is 35.9 Å². The van der Waals surface area contributed by atoms with Crippen molar-refractivity contribution in [2.24, 2.45) is 0 Å². The summed E-state index contributed by atoms with van der Waals surface area (Å²) < 4.78 is 52.8. The lowest BCUT2D eigenvalue weighted by Gasteiger charge is -2.44. The minimum Gasteiger partial charge on any atom is -0.438 e. The fourth-order valence-electron chi connectivity index (χ4n) is 6.44. The van der Waals surface area contributed by atoms with Crippen molar-refractivity contribution in [1.82, 2.24) is 20.0 Å². The summed E-state index contributed by atoms with van der Waals surface area (Å²) in [5, 5.41) is 5.70. The van der Waals surface area contributed by atoms with Gasteiger partial charge in [0.2, 0.25) is 0 Å². The standard InChI is InChI=1S/C34H40ClF3N6O5/c1-3-13-42(2)18-12-40-23-8-14-43(15-9-23)30(45)28(21-22-19-25(34(36,37)38)29(39)26(35)20-22)48-32(47)44-16-10-33(11-17-44)24-6-4-5-7-27(24)41-31(46)49-33/h3-7,12,18-20,23,28,40H,1,8-11,13-17,21,39H2,2H3,(H,41,46)/b18-12-/t28-/m1/s1. The summed E-state index contributed by atoms with van der Waals surface area (Å²) >= 11 is 6.08. The van der Waals surface area contributed by atoms with Crippen LogP contribution in [0.4, 0.5) is 34.1 Å². The van der Waals surface area contributed by atoms with Crippen LogP contribution in [-0.4, -0.2) is 84.7 Å². The van der Waals surface area contributed by atoms with Crippen molar-refractivity contribution >= 4 is 41.1 Å². The fraction of sp³-hybridized carbons (Fsp3) is 0.441. The number of nitrogens with one attached hydrogen (secondary N) is 2. The molecule has 5 rings (SSSR count). The number of hydrogen-bond donors (Lipinski definition) is 3. The average Bonchev–Trinajstić information content (AvgIpc) is 3.06. The van der Waals surface area contributed by atoms with Crippen LogP contribution in [0.5, 0.6) is 0 Å². The highest BCUT2D eigenvalue weighted by Gasteiger charge is 2.46. The number of hydrogen-bond acceptors (Lipinski definition) is 8. The summed E-state index contributed by atoms with van der Waals surface area (Å²) in [5.41, 5.74) is 4.41. The van der Waals surface area contributed by atoms with Crippen molar-refractivity contribution in [2.45, 2.75) is 56.0 Å². The van der Waals surface area contributed by atoms with Gasteiger partial charge >= 0.3 is 18.4 Å². The van der Waals surface area contributed by atoms with Gasteiger partial charge in [-0.05, 0) is 36.6 Å². The van der Waals surface area contributed by atoms with Gasteiger partial charge in [0.05, 0.1) is 22.0 Å². The Morgan fingerprint density at radius 2 is 1.90 bits per heavy atom. The van der Waals surface area contributed by atoms with Crippen molar-refractivity contribution in [3.63, 3.8) is 0 Å². The quantitative estimate of drug-likeness (QED) is 0.224. The molecule has 0 saturated carbocycles. The van der Waals surface area contributed by atoms with Gasteiger partial charge < -0.3 is 35.2 Å². The van der Waals surface area contributed by atoms with E-state index in [0.717, 1.165) is 11.6 Å². The van der Waals surface area contributed by atoms with Crippen LogP contribution < -0.4 is 16.4 Å². The van der Waals surface area contributed by atoms with Crippen LogP contribution in [0.3, 0.4) is 0 Å². The molecule has 11 nitrogen and oxygen atoms in total. The fourth-order valence-corrected chi connectivity index (χ4v) is 6.68. The molecule has 264 valence electrons. The maximum absolute atomic E-state index is 13.9. The second-order valence-electron chi connectivity index (χ2n) is 12.5. The Kier molecular flexibility index (Phi) is 10.9. The minimum atomic E-state index is -4.79. The van der Waals surface area contributed by atoms with Gasteiger partial charge in [-0.2, -0.15) is 13.2 Å². The Balaban J connectivity index is 1.30. The zero-order chi connectivity index (χ0) is 35.3. The van der Waals surface area contributed by atoms with Crippen molar-refractivity contribution in [2.75, 3.05) is 50.8 Å². The molecule has 3 amide bonds. The summed E-state index contributed by atoms with van der Waals surface area (Å²) in [6.45, 7) is 5.40. The van der Waals surface area contributed by atoms with E-state index in [4.69, 9.17) is 26.8 Å². The molecule has 0 aliphatic carbocycles. The number of anilines is 2. The normalized spacial score (nSPS) is 18.3. The number of amides is 3. The van der Waals surface area contributed by atoms with E-state index in [-0.39, 0.29) is 49.0 Å². The zero-order valence-corrected chi connectivity index (χ0v) is 27.9. The van der Waals surface area contributed by atoms with Crippen LogP contribution >= 0.6 is 11.6 Å². The third-order valence-electron chi connectivity index (χ3n) is 9.09. The van der Waals surface area contributed by atoms with Gasteiger partial charge in [-0.25, -0.2) is 9.59 Å². The van der Waals surface area contributed by atoms with Gasteiger partial charge in [0.25, 0.3) is 5.91 Å². The number of nitrogens with zero attached hydrogens (tertiary/aromatic N) is 3. The molecule has 0 radical (unpaired) electrons. The highest BCUT2D eigenvalue weighted by molar-refractivity contribution is 6.33. The van der Waals surface area contributed by atoms with Crippen LogP contribution in [0.1, 0.15) is 42.4 Å². The molecule has 3 aliphatic heterocycles. The number of rotatable bonds is 9. The molecular formula is C34H40ClF3N6O5. The van der Waals surface area contributed by atoms with Crippen molar-refractivity contribution < 1.29 is 37.0 Å². The first-order valence-electron chi connectivity index (χ1n) is 16.0. The monoisotopic (exact) mass is 704 g/mol. The van der Waals surface area contributed by atoms with E-state index in [1.54, 1.807) is 23.1 Å². The summed E-state index contributed by atoms with van der Waals surface area (Å²) in [4.78, 5) is 44.7. The maximum atomic E-state index is 13.9. The molecule has 2 fully saturated rings. The Morgan fingerprint density at radius 3 is 2.57 bits per heavy atom. The largest absolute Gasteiger partial charge is 0.438 e. The second kappa shape index (κ2) is 14.9. The molecule has 3 heterocycles. The Morgan fingerprint density at radius 1 is 1.20 bits per heavy atom. The van der Waals surface area contributed by atoms with Crippen LogP contribution in [0.15, 0.2) is 61.5 Å². The van der Waals surface area contributed by atoms with Crippen LogP contribution in [-0.2, 0) is 32.5 Å². The molecule has 2 aromatic rings. The summed E-state index contributed by atoms with van der Waals surface area (Å²) in [7, 11) is 1.91. The number of likely N-dealkylation sites (tertiary alicyclic amines) is 2. The predicted octanol–water partition coefficient (Wildman–Crippen LogP) is 5.71. The molecule has 4 N–H and O–H groups in total. The Hall–Kier alpha value is -4.59. The molecule has 0 bridgehead atoms. The van der Waals surface area contributed by atoms with Crippen molar-refractivity contribution in [1.29, 1.82) is 0 Å². The van der Waals surface area contributed by atoms with E-state index in [0.29, 0.717) is 38.2 Å². The third-order valence-corrected chi connectivity index (χ3v) is 9.40. The Labute approximate surface area is 287 Å². The van der Waals surface area contributed by atoms with Crippen molar-refractivity contribution in [3.8, 4) is 0 Å². The maximum Gasteiger partial charge on any atom is 0.418 e. The molecule has 1 spiro atoms. The van der Waals surface area contributed by atoms with Gasteiger partial charge in [0.15, 0.2) is 6.10 Å². The first kappa shape index (κ1) is 35.7. The van der Waals surface area contributed by atoms with Crippen LogP contribution in [0.2, 0.25) is 5.02 Å². The smallest absolute Gasteiger partial charge is 0.418 e. The summed E-state index contributed by atoms with van der Waals surface area (Å²) in [6.07, 6.45) is -0.663. The zero-order valence-electron chi connectivity index (χ0n) is 27.1. The molecule has 49 heavy (non-hydrogen) atoms. The van der Waals surface area contributed by atoms with Crippen LogP contribution in [0, 0.1) is 0 Å². The number of piperidine rings is 2. The van der Waals surface area contributed by atoms with E-state index >= 15 is 0 Å². The number of nitrogens with two attached hydrogens (primary N) is 1. The summed E-state index contributed by atoms with van der Waals surface area (Å²) in [6, 6.07) is 9.45. The molecule has 2 aromatic carbocycles. The first-order valence-corrected chi connectivity index (χ1v) is 16.4. The number of nitrogen functional groups attached to an aromatic ring is 1. The minimum absolute atomic E-state index is 0.0406. The third kappa shape index (κ3) is 8.35.